The lowest BCUT2D eigenvalue weighted by molar-refractivity contribution is -0.119. The number of carbonyl (C=O) groups excluding carboxylic acids is 1. The molecule has 0 fully saturated rings. The fourth-order valence-electron chi connectivity index (χ4n) is 3.23. The number of ether oxygens (including phenoxy) is 1. The SMILES string of the molecule is CCCCc1ccc(N(C(=O)COc2ccc(C)cc2Br)S(=O)(=O)c2ccc(Cl)cc2)cc1. The fourth-order valence-corrected chi connectivity index (χ4v) is 5.37. The second-order valence-electron chi connectivity index (χ2n) is 7.61. The van der Waals surface area contributed by atoms with Gasteiger partial charge in [-0.3, -0.25) is 4.79 Å². The van der Waals surface area contributed by atoms with Crippen LogP contribution in [0, 0.1) is 6.92 Å². The lowest BCUT2D eigenvalue weighted by atomic mass is 10.1. The van der Waals surface area contributed by atoms with E-state index >= 15 is 0 Å². The molecule has 174 valence electrons. The van der Waals surface area contributed by atoms with Crippen molar-refractivity contribution < 1.29 is 17.9 Å². The number of hydrogen-bond acceptors (Lipinski definition) is 4. The number of sulfonamides is 1. The number of hydrogen-bond donors (Lipinski definition) is 0. The second kappa shape index (κ2) is 11.2. The van der Waals surface area contributed by atoms with Gasteiger partial charge in [0.1, 0.15) is 5.75 Å². The minimum absolute atomic E-state index is 0.0353. The van der Waals surface area contributed by atoms with E-state index in [0.717, 1.165) is 34.7 Å². The molecule has 0 N–H and O–H groups in total. The number of carbonyl (C=O) groups is 1. The Labute approximate surface area is 208 Å². The van der Waals surface area contributed by atoms with E-state index in [0.29, 0.717) is 15.2 Å². The number of rotatable bonds is 9. The maximum absolute atomic E-state index is 13.5. The van der Waals surface area contributed by atoms with Crippen LogP contribution in [0.25, 0.3) is 0 Å². The van der Waals surface area contributed by atoms with Crippen LogP contribution in [0.5, 0.6) is 5.75 Å². The van der Waals surface area contributed by atoms with E-state index < -0.39 is 22.5 Å². The molecule has 3 rings (SSSR count). The molecule has 0 aromatic heterocycles. The van der Waals surface area contributed by atoms with E-state index in [9.17, 15) is 13.2 Å². The van der Waals surface area contributed by atoms with Crippen molar-refractivity contribution in [2.24, 2.45) is 0 Å². The molecule has 3 aromatic carbocycles. The zero-order chi connectivity index (χ0) is 24.0. The molecule has 0 atom stereocenters. The molecule has 3 aromatic rings. The van der Waals surface area contributed by atoms with Crippen LogP contribution in [0.3, 0.4) is 0 Å². The molecule has 1 amide bonds. The Morgan fingerprint density at radius 3 is 2.30 bits per heavy atom. The predicted octanol–water partition coefficient (Wildman–Crippen LogP) is 6.55. The van der Waals surface area contributed by atoms with Gasteiger partial charge in [0.25, 0.3) is 15.9 Å². The molecular weight excluding hydrogens is 526 g/mol. The Bertz CT molecular complexity index is 1210. The van der Waals surface area contributed by atoms with Crippen molar-refractivity contribution in [1.82, 2.24) is 0 Å². The fraction of sp³-hybridized carbons (Fsp3) is 0.240. The van der Waals surface area contributed by atoms with E-state index in [-0.39, 0.29) is 10.6 Å². The summed E-state index contributed by atoms with van der Waals surface area (Å²) in [5.74, 6) is -0.258. The van der Waals surface area contributed by atoms with Gasteiger partial charge in [-0.1, -0.05) is 43.1 Å². The highest BCUT2D eigenvalue weighted by atomic mass is 79.9. The Morgan fingerprint density at radius 1 is 1.03 bits per heavy atom. The second-order valence-corrected chi connectivity index (χ2v) is 10.7. The molecule has 0 aliphatic rings. The molecule has 5 nitrogen and oxygen atoms in total. The summed E-state index contributed by atoms with van der Waals surface area (Å²) in [7, 11) is -4.19. The minimum atomic E-state index is -4.19. The molecule has 33 heavy (non-hydrogen) atoms. The first-order valence-electron chi connectivity index (χ1n) is 10.5. The predicted molar refractivity (Wildman–Crippen MR) is 136 cm³/mol. The van der Waals surface area contributed by atoms with Crippen LogP contribution in [0.2, 0.25) is 5.02 Å². The molecule has 0 bridgehead atoms. The van der Waals surface area contributed by atoms with Gasteiger partial charge in [0.05, 0.1) is 15.1 Å². The summed E-state index contributed by atoms with van der Waals surface area (Å²) in [5.41, 5.74) is 2.36. The van der Waals surface area contributed by atoms with Gasteiger partial charge in [-0.05, 0) is 95.4 Å². The number of amides is 1. The number of aryl methyl sites for hydroxylation is 2. The van der Waals surface area contributed by atoms with E-state index in [1.165, 1.54) is 24.3 Å². The van der Waals surface area contributed by atoms with Crippen molar-refractivity contribution >= 4 is 49.1 Å². The lowest BCUT2D eigenvalue weighted by Crippen LogP contribution is -2.40. The molecule has 0 saturated heterocycles. The van der Waals surface area contributed by atoms with Crippen molar-refractivity contribution in [2.45, 2.75) is 38.0 Å². The Morgan fingerprint density at radius 2 is 1.70 bits per heavy atom. The molecule has 0 unspecified atom stereocenters. The first-order chi connectivity index (χ1) is 15.7. The van der Waals surface area contributed by atoms with Gasteiger partial charge >= 0.3 is 0 Å². The van der Waals surface area contributed by atoms with Crippen LogP contribution >= 0.6 is 27.5 Å². The van der Waals surface area contributed by atoms with Crippen LogP contribution in [0.15, 0.2) is 76.1 Å². The lowest BCUT2D eigenvalue weighted by Gasteiger charge is -2.23. The molecular formula is C25H25BrClNO4S. The van der Waals surface area contributed by atoms with E-state index in [2.05, 4.69) is 22.9 Å². The van der Waals surface area contributed by atoms with Gasteiger partial charge < -0.3 is 4.74 Å². The number of unbranched alkanes of at least 4 members (excludes halogenated alkanes) is 1. The third-order valence-electron chi connectivity index (χ3n) is 5.01. The van der Waals surface area contributed by atoms with Crippen LogP contribution < -0.4 is 9.04 Å². The molecule has 0 aliphatic carbocycles. The standard InChI is InChI=1S/C25H25BrClNO4S/c1-3-4-5-19-7-11-21(12-8-19)28(33(30,31)22-13-9-20(27)10-14-22)25(29)17-32-24-15-6-18(2)16-23(24)26/h6-16H,3-5,17H2,1-2H3. The summed E-state index contributed by atoms with van der Waals surface area (Å²) in [6.45, 7) is 3.59. The van der Waals surface area contributed by atoms with E-state index in [1.807, 2.05) is 31.2 Å². The van der Waals surface area contributed by atoms with E-state index in [4.69, 9.17) is 16.3 Å². The maximum Gasteiger partial charge on any atom is 0.278 e. The molecule has 0 radical (unpaired) electrons. The summed E-state index contributed by atoms with van der Waals surface area (Å²) in [4.78, 5) is 13.2. The zero-order valence-corrected chi connectivity index (χ0v) is 21.6. The van der Waals surface area contributed by atoms with Crippen LogP contribution in [0.1, 0.15) is 30.9 Å². The molecule has 8 heteroatoms. The Balaban J connectivity index is 1.93. The summed E-state index contributed by atoms with van der Waals surface area (Å²) < 4.78 is 34.1. The van der Waals surface area contributed by atoms with Crippen molar-refractivity contribution in [3.63, 3.8) is 0 Å². The molecule has 0 aliphatic heterocycles. The summed E-state index contributed by atoms with van der Waals surface area (Å²) in [6.07, 6.45) is 2.98. The van der Waals surface area contributed by atoms with Crippen LogP contribution in [-0.4, -0.2) is 20.9 Å². The smallest absolute Gasteiger partial charge is 0.278 e. The van der Waals surface area contributed by atoms with Gasteiger partial charge in [-0.25, -0.2) is 8.42 Å². The molecule has 0 heterocycles. The summed E-state index contributed by atoms with van der Waals surface area (Å²) in [6, 6.07) is 18.1. The topological polar surface area (TPSA) is 63.7 Å². The zero-order valence-electron chi connectivity index (χ0n) is 18.4. The number of benzene rings is 3. The average Bonchev–Trinajstić information content (AvgIpc) is 2.78. The van der Waals surface area contributed by atoms with Gasteiger partial charge in [0.15, 0.2) is 6.61 Å². The van der Waals surface area contributed by atoms with E-state index in [1.54, 1.807) is 18.2 Å². The summed E-state index contributed by atoms with van der Waals surface area (Å²) in [5, 5.41) is 0.402. The van der Waals surface area contributed by atoms with Gasteiger partial charge in [-0.2, -0.15) is 4.31 Å². The van der Waals surface area contributed by atoms with Gasteiger partial charge in [0.2, 0.25) is 0 Å². The van der Waals surface area contributed by atoms with Crippen molar-refractivity contribution in [2.75, 3.05) is 10.9 Å². The first-order valence-corrected chi connectivity index (χ1v) is 13.1. The Hall–Kier alpha value is -2.35. The summed E-state index contributed by atoms with van der Waals surface area (Å²) >= 11 is 9.33. The third-order valence-corrected chi connectivity index (χ3v) is 7.64. The molecule has 0 spiro atoms. The largest absolute Gasteiger partial charge is 0.483 e. The van der Waals surface area contributed by atoms with Crippen molar-refractivity contribution in [3.8, 4) is 5.75 Å². The van der Waals surface area contributed by atoms with Crippen LogP contribution in [-0.2, 0) is 21.2 Å². The van der Waals surface area contributed by atoms with Crippen molar-refractivity contribution in [3.05, 3.63) is 87.4 Å². The van der Waals surface area contributed by atoms with Crippen molar-refractivity contribution in [1.29, 1.82) is 0 Å². The third kappa shape index (κ3) is 6.37. The normalized spacial score (nSPS) is 11.3. The monoisotopic (exact) mass is 549 g/mol. The highest BCUT2D eigenvalue weighted by molar-refractivity contribution is 9.10. The maximum atomic E-state index is 13.5. The number of halogens is 2. The average molecular weight is 551 g/mol. The highest BCUT2D eigenvalue weighted by Crippen LogP contribution is 2.28. The molecule has 0 saturated carbocycles. The minimum Gasteiger partial charge on any atom is -0.483 e. The Kier molecular flexibility index (Phi) is 8.57. The van der Waals surface area contributed by atoms with Crippen LogP contribution in [0.4, 0.5) is 5.69 Å². The highest BCUT2D eigenvalue weighted by Gasteiger charge is 2.31. The number of anilines is 1. The van der Waals surface area contributed by atoms with Gasteiger partial charge in [0, 0.05) is 5.02 Å². The first kappa shape index (κ1) is 25.3. The quantitative estimate of drug-likeness (QED) is 0.303. The van der Waals surface area contributed by atoms with Gasteiger partial charge in [-0.15, -0.1) is 0 Å². The number of nitrogens with zero attached hydrogens (tertiary/aromatic N) is 1.